The fourth-order valence-electron chi connectivity index (χ4n) is 12.0. The van der Waals surface area contributed by atoms with Crippen molar-refractivity contribution in [1.82, 2.24) is 79.0 Å². The summed E-state index contributed by atoms with van der Waals surface area (Å²) in [6.07, 6.45) is 10.2. The number of nitro groups is 4. The van der Waals surface area contributed by atoms with Gasteiger partial charge in [-0.15, -0.1) is 0 Å². The third-order valence-electron chi connectivity index (χ3n) is 16.4. The van der Waals surface area contributed by atoms with Gasteiger partial charge < -0.3 is 41.2 Å². The Hall–Kier alpha value is -10.6. The van der Waals surface area contributed by atoms with Gasteiger partial charge in [-0.25, -0.2) is 18.7 Å². The molecule has 408 valence electrons. The van der Waals surface area contributed by atoms with Crippen molar-refractivity contribution in [3.63, 3.8) is 0 Å². The lowest BCUT2D eigenvalue weighted by molar-refractivity contribution is -0.431. The van der Waals surface area contributed by atoms with Crippen LogP contribution in [0, 0.1) is 40.5 Å². The second kappa shape index (κ2) is 16.5. The van der Waals surface area contributed by atoms with Gasteiger partial charge in [-0.1, -0.05) is 0 Å². The summed E-state index contributed by atoms with van der Waals surface area (Å²) in [7, 11) is 0. The summed E-state index contributed by atoms with van der Waals surface area (Å²) in [5.41, 5.74) is -0.578. The van der Waals surface area contributed by atoms with E-state index in [0.29, 0.717) is 67.8 Å². The predicted octanol–water partition coefficient (Wildman–Crippen LogP) is 5.51. The van der Waals surface area contributed by atoms with E-state index in [1.54, 1.807) is 0 Å². The highest BCUT2D eigenvalue weighted by Gasteiger charge is 2.50. The molecule has 4 unspecified atom stereocenters. The van der Waals surface area contributed by atoms with Gasteiger partial charge in [0.15, 0.2) is 24.2 Å². The molecule has 0 saturated carbocycles. The molecule has 0 aromatic carbocycles. The van der Waals surface area contributed by atoms with E-state index >= 15 is 0 Å². The number of anilines is 4. The maximum atomic E-state index is 13.2. The topological polar surface area (TPSA) is 407 Å². The molecule has 8 bridgehead atoms. The van der Waals surface area contributed by atoms with E-state index in [4.69, 9.17) is 0 Å². The molecule has 4 atom stereocenters. The van der Waals surface area contributed by atoms with Crippen molar-refractivity contribution in [2.45, 2.75) is 101 Å². The number of aromatic nitrogens is 16. The van der Waals surface area contributed by atoms with Crippen molar-refractivity contribution in [3.05, 3.63) is 205 Å². The van der Waals surface area contributed by atoms with Crippen LogP contribution in [0.1, 0.15) is 147 Å². The van der Waals surface area contributed by atoms with Crippen molar-refractivity contribution in [2.75, 3.05) is 21.3 Å². The number of hydrogen-bond donors (Lipinski definition) is 8. The van der Waals surface area contributed by atoms with E-state index in [0.717, 1.165) is 0 Å². The molecule has 0 amide bonds. The van der Waals surface area contributed by atoms with Crippen LogP contribution in [0.25, 0.3) is 0 Å². The first-order valence-corrected chi connectivity index (χ1v) is 25.0. The predicted molar refractivity (Wildman–Crippen MR) is 279 cm³/mol. The van der Waals surface area contributed by atoms with Gasteiger partial charge in [-0.3, -0.25) is 40.5 Å². The Kier molecular flexibility index (Phi) is 10.1. The van der Waals surface area contributed by atoms with Crippen molar-refractivity contribution in [2.24, 2.45) is 0 Å². The molecule has 8 N–H and O–H groups in total. The molecule has 80 heavy (non-hydrogen) atoms. The maximum absolute atomic E-state index is 13.2. The monoisotopic (exact) mass is 1090 g/mol. The first-order chi connectivity index (χ1) is 38.0. The van der Waals surface area contributed by atoms with Gasteiger partial charge in [-0.2, -0.15) is 40.3 Å². The molecular weight excluding hydrogens is 1040 g/mol. The number of rotatable bonds is 8. The standard InChI is InChI=1S/C48H48N24O8/c1-45(2)29-9-22(34-26(70(75)76)14-50-42-54-18-58-66(34)42)38(61-29)47(5,6)31-11-24(36-28(72(79)80)16-52-44-56-20-60-68(36)44)40(63-31)48(7,8)32-12-23(35-27(71(77)78)15-51-43-55-19-59-67(35)43)39(64-32)46(3,4)30-10-21(37(45)62-30)33-25(69(73)74)13-49-41-53-17-57-65(33)41/h9-20,33-36,61-64H,1-8H3,(H,49,53,57)(H,50,54,58)(H,51,55,59)(H,52,56,60). The Balaban J connectivity index is 1.15. The average molecular weight is 1090 g/mol. The van der Waals surface area contributed by atoms with E-state index < -0.39 is 65.5 Å². The molecule has 13 heterocycles. The molecule has 5 aliphatic heterocycles. The van der Waals surface area contributed by atoms with Crippen LogP contribution in [0.4, 0.5) is 23.8 Å². The van der Waals surface area contributed by atoms with Crippen molar-refractivity contribution in [1.29, 1.82) is 0 Å². The van der Waals surface area contributed by atoms with Crippen LogP contribution >= 0.6 is 0 Å². The van der Waals surface area contributed by atoms with E-state index in [-0.39, 0.29) is 46.6 Å². The highest BCUT2D eigenvalue weighted by molar-refractivity contribution is 5.57. The van der Waals surface area contributed by atoms with Crippen LogP contribution in [0.3, 0.4) is 0 Å². The third-order valence-corrected chi connectivity index (χ3v) is 16.4. The Morgan fingerprint density at radius 3 is 0.762 bits per heavy atom. The average Bonchev–Trinajstić information content (AvgIpc) is 4.33. The summed E-state index contributed by atoms with van der Waals surface area (Å²) in [6.45, 7) is 15.2. The highest BCUT2D eigenvalue weighted by atomic mass is 16.6. The number of aromatic amines is 4. The molecule has 0 aliphatic carbocycles. The summed E-state index contributed by atoms with van der Waals surface area (Å²) in [5, 5.41) is 82.4. The highest BCUT2D eigenvalue weighted by Crippen LogP contribution is 2.52. The zero-order valence-corrected chi connectivity index (χ0v) is 43.7. The second-order valence-electron chi connectivity index (χ2n) is 22.2. The Morgan fingerprint density at radius 1 is 0.375 bits per heavy atom. The minimum absolute atomic E-state index is 0.228. The first-order valence-electron chi connectivity index (χ1n) is 25.0. The summed E-state index contributed by atoms with van der Waals surface area (Å²) < 4.78 is 5.69. The zero-order valence-electron chi connectivity index (χ0n) is 43.7. The summed E-state index contributed by atoms with van der Waals surface area (Å²) >= 11 is 0. The lowest BCUT2D eigenvalue weighted by Gasteiger charge is -2.30. The molecule has 32 heteroatoms. The van der Waals surface area contributed by atoms with Crippen molar-refractivity contribution in [3.8, 4) is 0 Å². The molecule has 8 aromatic rings. The maximum Gasteiger partial charge on any atom is 0.291 e. The Morgan fingerprint density at radius 2 is 0.575 bits per heavy atom. The Bertz CT molecular complexity index is 3600. The van der Waals surface area contributed by atoms with Crippen LogP contribution in [0.5, 0.6) is 0 Å². The SMILES string of the molecule is CC1(C)c2cc(C3C([N+](=O)[O-])=CNc4ncnn43)c([nH]2)C(C)(C)c2cc(C3C([N+](=O)[O-])=CNc4ncnn43)c([nH]2)C(C)(C)c2cc(C3C([N+](=O)[O-])=CNc4ncnn43)c([nH]2)C(C)(C)c2cc(C3C([N+](=O)[O-])=CNc4ncnn43)c1[nH]2. The number of H-pyrrole nitrogens is 4. The minimum Gasteiger partial charge on any atom is -0.360 e. The van der Waals surface area contributed by atoms with Crippen LogP contribution in [0.15, 0.2) is 97.2 Å². The number of nitrogens with one attached hydrogen (secondary N) is 8. The third kappa shape index (κ3) is 6.79. The van der Waals surface area contributed by atoms with Crippen LogP contribution < -0.4 is 21.3 Å². The molecule has 0 fully saturated rings. The quantitative estimate of drug-likeness (QED) is 0.0686. The largest absolute Gasteiger partial charge is 0.360 e. The van der Waals surface area contributed by atoms with Gasteiger partial charge in [0.05, 0.1) is 44.5 Å². The smallest absolute Gasteiger partial charge is 0.291 e. The van der Waals surface area contributed by atoms with Crippen LogP contribution in [-0.4, -0.2) is 98.7 Å². The van der Waals surface area contributed by atoms with Gasteiger partial charge >= 0.3 is 0 Å². The molecule has 13 rings (SSSR count). The Labute approximate surface area is 449 Å². The summed E-state index contributed by atoms with van der Waals surface area (Å²) in [5.74, 6) is 0.913. The lowest BCUT2D eigenvalue weighted by Crippen LogP contribution is -2.30. The van der Waals surface area contributed by atoms with Crippen molar-refractivity contribution < 1.29 is 19.7 Å². The fourth-order valence-corrected chi connectivity index (χ4v) is 12.0. The molecule has 0 saturated heterocycles. The molecule has 32 nitrogen and oxygen atoms in total. The van der Waals surface area contributed by atoms with Crippen LogP contribution in [-0.2, 0) is 21.7 Å². The normalized spacial score (nSPS) is 21.5. The lowest BCUT2D eigenvalue weighted by atomic mass is 9.80. The van der Waals surface area contributed by atoms with E-state index in [9.17, 15) is 40.5 Å². The van der Waals surface area contributed by atoms with Crippen LogP contribution in [0.2, 0.25) is 0 Å². The first kappa shape index (κ1) is 49.0. The van der Waals surface area contributed by atoms with E-state index in [1.165, 1.54) is 68.8 Å². The van der Waals surface area contributed by atoms with Gasteiger partial charge in [0.2, 0.25) is 23.8 Å². The molecule has 0 spiro atoms. The summed E-state index contributed by atoms with van der Waals surface area (Å²) in [6, 6.07) is 2.49. The van der Waals surface area contributed by atoms with Gasteiger partial charge in [0, 0.05) is 89.5 Å². The van der Waals surface area contributed by atoms with Gasteiger partial charge in [0.25, 0.3) is 22.8 Å². The summed E-state index contributed by atoms with van der Waals surface area (Å²) in [4.78, 5) is 83.3. The van der Waals surface area contributed by atoms with Gasteiger partial charge in [-0.05, 0) is 79.7 Å². The fraction of sp³-hybridized carbons (Fsp3) is 0.333. The molecule has 0 radical (unpaired) electrons. The molecule has 5 aliphatic rings. The molecular formula is C48H48N24O8. The second-order valence-corrected chi connectivity index (χ2v) is 22.2. The zero-order chi connectivity index (χ0) is 56.3. The van der Waals surface area contributed by atoms with E-state index in [2.05, 4.69) is 81.5 Å². The van der Waals surface area contributed by atoms with E-state index in [1.807, 2.05) is 79.7 Å². The number of fused-ring (bicyclic) bond motifs is 12. The number of allylic oxidation sites excluding steroid dienone is 4. The molecule has 8 aromatic heterocycles. The number of nitrogens with zero attached hydrogens (tertiary/aromatic N) is 16. The van der Waals surface area contributed by atoms with Crippen molar-refractivity contribution >= 4 is 23.8 Å². The van der Waals surface area contributed by atoms with Gasteiger partial charge in [0.1, 0.15) is 25.3 Å². The number of hydrogen-bond acceptors (Lipinski definition) is 20. The minimum atomic E-state index is -1.23.